The van der Waals surface area contributed by atoms with Gasteiger partial charge >= 0.3 is 11.8 Å². The minimum absolute atomic E-state index is 0.212. The van der Waals surface area contributed by atoms with Crippen LogP contribution in [0.15, 0.2) is 70.2 Å². The Kier molecular flexibility index (Phi) is 9.86. The minimum atomic E-state index is -0.921. The average Bonchev–Trinajstić information content (AvgIpc) is 2.82. The van der Waals surface area contributed by atoms with E-state index in [1.54, 1.807) is 36.4 Å². The summed E-state index contributed by atoms with van der Waals surface area (Å²) in [5, 5.41) is 9.77. The van der Waals surface area contributed by atoms with Crippen LogP contribution < -0.4 is 20.8 Å². The third-order valence-electron chi connectivity index (χ3n) is 4.63. The lowest BCUT2D eigenvalue weighted by molar-refractivity contribution is -0.139. The predicted molar refractivity (Wildman–Crippen MR) is 143 cm³/mol. The maximum Gasteiger partial charge on any atom is 0.329 e. The van der Waals surface area contributed by atoms with E-state index in [2.05, 4.69) is 37.1 Å². The van der Waals surface area contributed by atoms with Gasteiger partial charge < -0.3 is 15.4 Å². The van der Waals surface area contributed by atoms with Crippen molar-refractivity contribution in [3.63, 3.8) is 0 Å². The second kappa shape index (κ2) is 13.1. The molecule has 3 aromatic rings. The molecule has 0 bridgehead atoms. The number of hydrazone groups is 1. The fraction of sp³-hybridized carbons (Fsp3) is 0.120. The highest BCUT2D eigenvalue weighted by Crippen LogP contribution is 2.23. The van der Waals surface area contributed by atoms with Crippen LogP contribution in [0.25, 0.3) is 0 Å². The zero-order valence-corrected chi connectivity index (χ0v) is 22.1. The topological polar surface area (TPSA) is 109 Å². The molecule has 0 aliphatic rings. The third kappa shape index (κ3) is 8.67. The molecule has 0 saturated heterocycles. The van der Waals surface area contributed by atoms with E-state index in [9.17, 15) is 14.4 Å². The van der Waals surface area contributed by atoms with Crippen LogP contribution in [0.1, 0.15) is 16.7 Å². The summed E-state index contributed by atoms with van der Waals surface area (Å²) in [4.78, 5) is 36.4. The molecule has 3 rings (SSSR count). The highest BCUT2D eigenvalue weighted by Gasteiger charge is 2.13. The lowest BCUT2D eigenvalue weighted by Crippen LogP contribution is -2.37. The van der Waals surface area contributed by atoms with Crippen molar-refractivity contribution in [1.29, 1.82) is 0 Å². The predicted octanol–water partition coefficient (Wildman–Crippen LogP) is 4.85. The minimum Gasteiger partial charge on any atom is -0.483 e. The molecule has 0 unspecified atom stereocenters. The Morgan fingerprint density at radius 1 is 0.972 bits per heavy atom. The molecule has 0 fully saturated rings. The summed E-state index contributed by atoms with van der Waals surface area (Å²) in [6.45, 7) is 1.87. The van der Waals surface area contributed by atoms with E-state index in [1.165, 1.54) is 6.21 Å². The number of amides is 3. The molecule has 8 nitrogen and oxygen atoms in total. The number of hydrogen-bond acceptors (Lipinski definition) is 5. The van der Waals surface area contributed by atoms with Crippen molar-refractivity contribution < 1.29 is 19.1 Å². The van der Waals surface area contributed by atoms with Gasteiger partial charge in [0, 0.05) is 32.3 Å². The standard InChI is InChI=1S/C25H21BrCl2N4O4/c1-15-2-4-16(5-3-15)12-29-24(34)25(35)32-30-13-17-8-18(26)6-7-22(17)36-14-23(33)31-21-10-19(27)9-20(28)11-21/h2-11,13H,12,14H2,1H3,(H,29,34)(H,31,33)(H,32,35)/b30-13-. The number of aryl methyl sites for hydroxylation is 1. The molecule has 36 heavy (non-hydrogen) atoms. The zero-order valence-electron chi connectivity index (χ0n) is 19.0. The van der Waals surface area contributed by atoms with Crippen LogP contribution in [-0.2, 0) is 20.9 Å². The average molecular weight is 592 g/mol. The highest BCUT2D eigenvalue weighted by molar-refractivity contribution is 9.10. The van der Waals surface area contributed by atoms with E-state index in [-0.39, 0.29) is 13.2 Å². The number of rotatable bonds is 8. The van der Waals surface area contributed by atoms with Gasteiger partial charge in [-0.3, -0.25) is 14.4 Å². The first-order valence-corrected chi connectivity index (χ1v) is 12.1. The van der Waals surface area contributed by atoms with Crippen LogP contribution in [0.2, 0.25) is 10.0 Å². The smallest absolute Gasteiger partial charge is 0.329 e. The maximum atomic E-state index is 12.3. The Morgan fingerprint density at radius 2 is 1.67 bits per heavy atom. The first-order valence-electron chi connectivity index (χ1n) is 10.5. The van der Waals surface area contributed by atoms with Gasteiger partial charge in [-0.1, -0.05) is 69.0 Å². The van der Waals surface area contributed by atoms with Gasteiger partial charge in [0.05, 0.1) is 6.21 Å². The number of nitrogens with one attached hydrogen (secondary N) is 3. The summed E-state index contributed by atoms with van der Waals surface area (Å²) in [6, 6.07) is 17.3. The van der Waals surface area contributed by atoms with Crippen LogP contribution in [0.4, 0.5) is 5.69 Å². The molecule has 0 heterocycles. The Morgan fingerprint density at radius 3 is 2.36 bits per heavy atom. The first-order chi connectivity index (χ1) is 17.2. The number of halogens is 3. The van der Waals surface area contributed by atoms with Crippen molar-refractivity contribution in [3.8, 4) is 5.75 Å². The van der Waals surface area contributed by atoms with Crippen LogP contribution >= 0.6 is 39.1 Å². The van der Waals surface area contributed by atoms with Crippen LogP contribution in [-0.4, -0.2) is 30.5 Å². The molecular weight excluding hydrogens is 571 g/mol. The number of hydrogen-bond donors (Lipinski definition) is 3. The second-order valence-electron chi connectivity index (χ2n) is 7.54. The molecule has 0 aromatic heterocycles. The van der Waals surface area contributed by atoms with E-state index in [4.69, 9.17) is 27.9 Å². The van der Waals surface area contributed by atoms with Crippen LogP contribution in [0.5, 0.6) is 5.75 Å². The van der Waals surface area contributed by atoms with Gasteiger partial charge in [-0.25, -0.2) is 5.43 Å². The highest BCUT2D eigenvalue weighted by atomic mass is 79.9. The fourth-order valence-corrected chi connectivity index (χ4v) is 3.80. The van der Waals surface area contributed by atoms with E-state index in [0.29, 0.717) is 27.0 Å². The lowest BCUT2D eigenvalue weighted by Gasteiger charge is -2.10. The number of benzene rings is 3. The number of anilines is 1. The molecule has 0 saturated carbocycles. The SMILES string of the molecule is Cc1ccc(CNC(=O)C(=O)N/N=C\c2cc(Br)ccc2OCC(=O)Nc2cc(Cl)cc(Cl)c2)cc1. The summed E-state index contributed by atoms with van der Waals surface area (Å²) in [5.41, 5.74) is 5.03. The molecule has 3 amide bonds. The lowest BCUT2D eigenvalue weighted by atomic mass is 10.1. The van der Waals surface area contributed by atoms with Crippen LogP contribution in [0, 0.1) is 6.92 Å². The maximum absolute atomic E-state index is 12.3. The molecule has 3 N–H and O–H groups in total. The molecule has 3 aromatic carbocycles. The summed E-state index contributed by atoms with van der Waals surface area (Å²) in [6.07, 6.45) is 1.31. The number of nitrogens with zero attached hydrogens (tertiary/aromatic N) is 1. The third-order valence-corrected chi connectivity index (χ3v) is 5.56. The first kappa shape index (κ1) is 27.2. The monoisotopic (exact) mass is 590 g/mol. The zero-order chi connectivity index (χ0) is 26.1. The molecule has 0 aliphatic carbocycles. The van der Waals surface area contributed by atoms with Gasteiger partial charge in [0.15, 0.2) is 6.61 Å². The number of ether oxygens (including phenoxy) is 1. The normalized spacial score (nSPS) is 10.7. The van der Waals surface area contributed by atoms with Gasteiger partial charge in [0.25, 0.3) is 5.91 Å². The summed E-state index contributed by atoms with van der Waals surface area (Å²) >= 11 is 15.2. The molecule has 11 heteroatoms. The Hall–Kier alpha value is -3.40. The van der Waals surface area contributed by atoms with Crippen molar-refractivity contribution in [2.45, 2.75) is 13.5 Å². The molecular formula is C25H21BrCl2N4O4. The van der Waals surface area contributed by atoms with Crippen molar-refractivity contribution in [2.24, 2.45) is 5.10 Å². The van der Waals surface area contributed by atoms with Gasteiger partial charge in [0.1, 0.15) is 5.75 Å². The van der Waals surface area contributed by atoms with E-state index < -0.39 is 17.7 Å². The molecule has 186 valence electrons. The molecule has 0 aliphatic heterocycles. The number of carbonyl (C=O) groups excluding carboxylic acids is 3. The van der Waals surface area contributed by atoms with E-state index >= 15 is 0 Å². The molecule has 0 spiro atoms. The van der Waals surface area contributed by atoms with Crippen molar-refractivity contribution in [1.82, 2.24) is 10.7 Å². The molecule has 0 radical (unpaired) electrons. The van der Waals surface area contributed by atoms with E-state index in [0.717, 1.165) is 15.6 Å². The fourth-order valence-electron chi connectivity index (χ4n) is 2.90. The van der Waals surface area contributed by atoms with Gasteiger partial charge in [-0.15, -0.1) is 0 Å². The summed E-state index contributed by atoms with van der Waals surface area (Å²) in [7, 11) is 0. The quantitative estimate of drug-likeness (QED) is 0.198. The summed E-state index contributed by atoms with van der Waals surface area (Å²) in [5.74, 6) is -1.84. The van der Waals surface area contributed by atoms with Gasteiger partial charge in [-0.2, -0.15) is 5.10 Å². The molecule has 0 atom stereocenters. The van der Waals surface area contributed by atoms with Crippen molar-refractivity contribution >= 4 is 68.8 Å². The van der Waals surface area contributed by atoms with Gasteiger partial charge in [-0.05, 0) is 48.9 Å². The largest absolute Gasteiger partial charge is 0.483 e. The van der Waals surface area contributed by atoms with Gasteiger partial charge in [0.2, 0.25) is 0 Å². The Balaban J connectivity index is 1.54. The van der Waals surface area contributed by atoms with Crippen molar-refractivity contribution in [2.75, 3.05) is 11.9 Å². The Labute approximate surface area is 226 Å². The summed E-state index contributed by atoms with van der Waals surface area (Å²) < 4.78 is 6.32. The number of carbonyl (C=O) groups is 3. The van der Waals surface area contributed by atoms with Crippen LogP contribution in [0.3, 0.4) is 0 Å². The van der Waals surface area contributed by atoms with Crippen molar-refractivity contribution in [3.05, 3.63) is 91.9 Å². The van der Waals surface area contributed by atoms with E-state index in [1.807, 2.05) is 31.2 Å². The Bertz CT molecular complexity index is 1280. The second-order valence-corrected chi connectivity index (χ2v) is 9.33.